The first kappa shape index (κ1) is 22.0. The zero-order valence-electron chi connectivity index (χ0n) is 18.5. The van der Waals surface area contributed by atoms with Crippen LogP contribution in [0.2, 0.25) is 0 Å². The highest BCUT2D eigenvalue weighted by atomic mass is 16.7. The van der Waals surface area contributed by atoms with Gasteiger partial charge in [-0.05, 0) is 47.3 Å². The van der Waals surface area contributed by atoms with Crippen LogP contribution in [-0.2, 0) is 4.79 Å². The minimum atomic E-state index is -0.531. The molecule has 8 nitrogen and oxygen atoms in total. The van der Waals surface area contributed by atoms with Gasteiger partial charge in [0.15, 0.2) is 18.1 Å². The van der Waals surface area contributed by atoms with Crippen LogP contribution in [0.1, 0.15) is 15.9 Å². The molecule has 0 spiro atoms. The molecule has 0 unspecified atom stereocenters. The average Bonchev–Trinajstić information content (AvgIpc) is 3.36. The summed E-state index contributed by atoms with van der Waals surface area (Å²) in [5.41, 5.74) is 3.41. The second-order valence-corrected chi connectivity index (χ2v) is 7.59. The fourth-order valence-corrected chi connectivity index (χ4v) is 3.52. The lowest BCUT2D eigenvalue weighted by Gasteiger charge is -2.08. The molecule has 0 aromatic heterocycles. The van der Waals surface area contributed by atoms with Gasteiger partial charge in [0.25, 0.3) is 5.91 Å². The molecule has 0 saturated carbocycles. The van der Waals surface area contributed by atoms with E-state index in [0.717, 1.165) is 10.8 Å². The van der Waals surface area contributed by atoms with Crippen molar-refractivity contribution in [2.24, 2.45) is 5.10 Å². The Bertz CT molecular complexity index is 1430. The second kappa shape index (κ2) is 9.96. The third-order valence-corrected chi connectivity index (χ3v) is 5.19. The smallest absolute Gasteiger partial charge is 0.343 e. The Labute approximate surface area is 200 Å². The van der Waals surface area contributed by atoms with Crippen LogP contribution in [0.25, 0.3) is 10.8 Å². The monoisotopic (exact) mass is 468 g/mol. The number of nitrogens with zero attached hydrogens (tertiary/aromatic N) is 1. The molecule has 1 heterocycles. The number of amides is 1. The fraction of sp³-hybridized carbons (Fsp3) is 0.0741. The van der Waals surface area contributed by atoms with Gasteiger partial charge < -0.3 is 18.9 Å². The van der Waals surface area contributed by atoms with Crippen molar-refractivity contribution in [3.63, 3.8) is 0 Å². The van der Waals surface area contributed by atoms with Crippen LogP contribution in [-0.4, -0.2) is 31.5 Å². The van der Waals surface area contributed by atoms with Gasteiger partial charge in [-0.2, -0.15) is 5.10 Å². The minimum absolute atomic E-state index is 0.126. The summed E-state index contributed by atoms with van der Waals surface area (Å²) in [6.07, 6.45) is 1.45. The summed E-state index contributed by atoms with van der Waals surface area (Å²) in [5.74, 6) is 1.11. The van der Waals surface area contributed by atoms with E-state index in [1.54, 1.807) is 42.5 Å². The fourth-order valence-electron chi connectivity index (χ4n) is 3.52. The number of carbonyl (C=O) groups is 2. The van der Waals surface area contributed by atoms with E-state index >= 15 is 0 Å². The predicted molar refractivity (Wildman–Crippen MR) is 129 cm³/mol. The number of ether oxygens (including phenoxy) is 4. The number of carbonyl (C=O) groups excluding carboxylic acids is 2. The summed E-state index contributed by atoms with van der Waals surface area (Å²) >= 11 is 0. The number of nitrogens with one attached hydrogen (secondary N) is 1. The molecule has 4 aromatic rings. The van der Waals surface area contributed by atoms with Crippen molar-refractivity contribution in [2.75, 3.05) is 13.4 Å². The van der Waals surface area contributed by atoms with E-state index in [4.69, 9.17) is 18.9 Å². The zero-order chi connectivity index (χ0) is 24.0. The Hall–Kier alpha value is -4.85. The first-order chi connectivity index (χ1) is 17.2. The largest absolute Gasteiger partial charge is 0.483 e. The predicted octanol–water partition coefficient (Wildman–Crippen LogP) is 4.32. The first-order valence-electron chi connectivity index (χ1n) is 10.8. The Morgan fingerprint density at radius 3 is 2.69 bits per heavy atom. The number of esters is 1. The minimum Gasteiger partial charge on any atom is -0.483 e. The van der Waals surface area contributed by atoms with E-state index in [1.165, 1.54) is 6.21 Å². The lowest BCUT2D eigenvalue weighted by molar-refractivity contribution is -0.123. The maximum absolute atomic E-state index is 12.5. The molecule has 1 N–H and O–H groups in total. The molecule has 8 heteroatoms. The summed E-state index contributed by atoms with van der Waals surface area (Å²) in [6.45, 7) is -0.0560. The summed E-state index contributed by atoms with van der Waals surface area (Å²) in [4.78, 5) is 24.6. The molecule has 0 radical (unpaired) electrons. The van der Waals surface area contributed by atoms with E-state index in [2.05, 4.69) is 10.5 Å². The summed E-state index contributed by atoms with van der Waals surface area (Å²) in [5, 5.41) is 5.92. The molecule has 1 amide bonds. The summed E-state index contributed by atoms with van der Waals surface area (Å²) < 4.78 is 21.6. The average molecular weight is 468 g/mol. The molecule has 1 aliphatic rings. The van der Waals surface area contributed by atoms with Gasteiger partial charge in [0.05, 0.1) is 11.8 Å². The van der Waals surface area contributed by atoms with E-state index in [0.29, 0.717) is 34.1 Å². The van der Waals surface area contributed by atoms with Crippen LogP contribution in [0, 0.1) is 0 Å². The molecule has 1 aliphatic heterocycles. The molecular weight excluding hydrogens is 448 g/mol. The third kappa shape index (κ3) is 5.22. The maximum atomic E-state index is 12.5. The van der Waals surface area contributed by atoms with E-state index in [9.17, 15) is 9.59 Å². The highest BCUT2D eigenvalue weighted by Gasteiger charge is 2.17. The molecule has 0 atom stereocenters. The standard InChI is InChI=1S/C27H20N2O6/c30-26(16-32-23-10-4-7-19-6-1-2-9-22(19)23)29-28-15-18-5-3-8-21(13-18)35-27(31)20-11-12-24-25(14-20)34-17-33-24/h1-15H,16-17H2,(H,29,30)/b28-15-. The van der Waals surface area contributed by atoms with Gasteiger partial charge in [-0.3, -0.25) is 4.79 Å². The number of hydrazone groups is 1. The number of rotatable bonds is 7. The van der Waals surface area contributed by atoms with Crippen molar-refractivity contribution in [3.8, 4) is 23.0 Å². The second-order valence-electron chi connectivity index (χ2n) is 7.59. The quantitative estimate of drug-likeness (QED) is 0.188. The van der Waals surface area contributed by atoms with Crippen LogP contribution in [0.5, 0.6) is 23.0 Å². The van der Waals surface area contributed by atoms with Crippen LogP contribution in [0.15, 0.2) is 90.0 Å². The van der Waals surface area contributed by atoms with E-state index in [-0.39, 0.29) is 13.4 Å². The van der Waals surface area contributed by atoms with E-state index < -0.39 is 11.9 Å². The first-order valence-corrected chi connectivity index (χ1v) is 10.8. The number of fused-ring (bicyclic) bond motifs is 2. The molecule has 0 saturated heterocycles. The highest BCUT2D eigenvalue weighted by Crippen LogP contribution is 2.32. The normalized spacial score (nSPS) is 12.0. The molecule has 0 aliphatic carbocycles. The van der Waals surface area contributed by atoms with Gasteiger partial charge in [-0.15, -0.1) is 0 Å². The Morgan fingerprint density at radius 1 is 0.914 bits per heavy atom. The van der Waals surface area contributed by atoms with Crippen molar-refractivity contribution in [1.82, 2.24) is 5.43 Å². The summed E-state index contributed by atoms with van der Waals surface area (Å²) in [6, 6.07) is 25.1. The van der Waals surface area contributed by atoms with Gasteiger partial charge in [0.1, 0.15) is 11.5 Å². The lowest BCUT2D eigenvalue weighted by atomic mass is 10.1. The molecule has 35 heavy (non-hydrogen) atoms. The van der Waals surface area contributed by atoms with Crippen molar-refractivity contribution in [2.45, 2.75) is 0 Å². The van der Waals surface area contributed by atoms with Crippen molar-refractivity contribution in [1.29, 1.82) is 0 Å². The van der Waals surface area contributed by atoms with Gasteiger partial charge in [-0.25, -0.2) is 10.2 Å². The van der Waals surface area contributed by atoms with Crippen LogP contribution >= 0.6 is 0 Å². The maximum Gasteiger partial charge on any atom is 0.343 e. The third-order valence-electron chi connectivity index (χ3n) is 5.19. The van der Waals surface area contributed by atoms with Gasteiger partial charge in [0.2, 0.25) is 6.79 Å². The highest BCUT2D eigenvalue weighted by molar-refractivity contribution is 5.92. The molecule has 0 bridgehead atoms. The molecular formula is C27H20N2O6. The van der Waals surface area contributed by atoms with Gasteiger partial charge in [-0.1, -0.05) is 48.5 Å². The van der Waals surface area contributed by atoms with Crippen molar-refractivity contribution in [3.05, 3.63) is 96.1 Å². The molecule has 0 fully saturated rings. The number of hydrogen-bond donors (Lipinski definition) is 1. The van der Waals surface area contributed by atoms with Crippen molar-refractivity contribution >= 4 is 28.9 Å². The van der Waals surface area contributed by atoms with Crippen LogP contribution in [0.3, 0.4) is 0 Å². The van der Waals surface area contributed by atoms with Gasteiger partial charge in [0, 0.05) is 5.39 Å². The van der Waals surface area contributed by atoms with E-state index in [1.807, 2.05) is 42.5 Å². The van der Waals surface area contributed by atoms with Gasteiger partial charge >= 0.3 is 5.97 Å². The lowest BCUT2D eigenvalue weighted by Crippen LogP contribution is -2.24. The number of benzene rings is 4. The molecule has 174 valence electrons. The Kier molecular flexibility index (Phi) is 6.25. The van der Waals surface area contributed by atoms with Crippen LogP contribution < -0.4 is 24.4 Å². The molecule has 5 rings (SSSR count). The zero-order valence-corrected chi connectivity index (χ0v) is 18.5. The summed E-state index contributed by atoms with van der Waals surface area (Å²) in [7, 11) is 0. The molecule has 4 aromatic carbocycles. The Balaban J connectivity index is 1.15. The Morgan fingerprint density at radius 2 is 1.74 bits per heavy atom. The topological polar surface area (TPSA) is 95.5 Å². The van der Waals surface area contributed by atoms with Crippen molar-refractivity contribution < 1.29 is 28.5 Å². The number of hydrogen-bond acceptors (Lipinski definition) is 7. The SMILES string of the molecule is O=C(COc1cccc2ccccc12)N/N=C\c1cccc(OC(=O)c2ccc3c(c2)OCO3)c1. The van der Waals surface area contributed by atoms with Crippen LogP contribution in [0.4, 0.5) is 0 Å².